The number of aliphatic hydroxyl groups excluding tert-OH is 3. The Morgan fingerprint density at radius 2 is 1.00 bits per heavy atom. The summed E-state index contributed by atoms with van der Waals surface area (Å²) in [7, 11) is 0. The number of hydrogen-bond acceptors (Lipinski definition) is 22. The van der Waals surface area contributed by atoms with Crippen LogP contribution < -0.4 is 74.9 Å². The van der Waals surface area contributed by atoms with Gasteiger partial charge >= 0.3 is 18.3 Å². The number of primary amides is 1. The first kappa shape index (κ1) is 99.4. The third-order valence-electron chi connectivity index (χ3n) is 19.2. The second-order valence-electron chi connectivity index (χ2n) is 32.9. The van der Waals surface area contributed by atoms with E-state index in [1.807, 2.05) is 0 Å². The average Bonchev–Trinajstić information content (AvgIpc) is 0.807. The number of rotatable bonds is 28. The topological polar surface area (TPSA) is 554 Å². The molecular weight excluding hydrogens is 1570 g/mol. The van der Waals surface area contributed by atoms with Gasteiger partial charge in [0, 0.05) is 6.54 Å². The fraction of sp³-hybridized carbons (Fsp3) is 0.524. The number of benzene rings is 4. The van der Waals surface area contributed by atoms with Gasteiger partial charge in [-0.05, 0) is 89.9 Å². The van der Waals surface area contributed by atoms with Crippen LogP contribution in [-0.2, 0) is 91.6 Å². The summed E-state index contributed by atoms with van der Waals surface area (Å²) in [6, 6.07) is 12.5. The molecule has 37 nitrogen and oxygen atoms in total. The Morgan fingerprint density at radius 3 is 1.50 bits per heavy atom. The van der Waals surface area contributed by atoms with Gasteiger partial charge < -0.3 is 99.1 Å². The predicted molar refractivity (Wildman–Crippen MR) is 442 cm³/mol. The number of hydrogen-bond donors (Lipinski definition) is 18. The summed E-state index contributed by atoms with van der Waals surface area (Å²) < 4.78 is 16.4. The zero-order valence-electron chi connectivity index (χ0n) is 70.7. The number of nitrogens with one attached hydrogen (secondary N) is 14. The molecule has 37 heteroatoms. The molecular formula is C84H120N16O21. The van der Waals surface area contributed by atoms with E-state index >= 15 is 24.0 Å². The van der Waals surface area contributed by atoms with Crippen LogP contribution in [0.4, 0.5) is 14.4 Å². The van der Waals surface area contributed by atoms with Crippen LogP contribution in [0.25, 0.3) is 0 Å². The Hall–Kier alpha value is -12.1. The Balaban J connectivity index is 1.71. The lowest BCUT2D eigenvalue weighted by molar-refractivity contribution is -0.139. The van der Waals surface area contributed by atoms with E-state index < -0.39 is 235 Å². The smallest absolute Gasteiger partial charge is 0.416 e. The van der Waals surface area contributed by atoms with Gasteiger partial charge in [-0.25, -0.2) is 19.3 Å². The van der Waals surface area contributed by atoms with E-state index in [0.717, 1.165) is 6.92 Å². The fourth-order valence-electron chi connectivity index (χ4n) is 12.6. The molecule has 5 rings (SSSR count). The number of alkyl carbamates (subject to hydrolysis) is 2. The van der Waals surface area contributed by atoms with Crippen LogP contribution >= 0.6 is 0 Å². The van der Waals surface area contributed by atoms with E-state index in [-0.39, 0.29) is 57.5 Å². The summed E-state index contributed by atoms with van der Waals surface area (Å²) in [5.41, 5.74) is 5.77. The Labute approximate surface area is 704 Å². The number of ether oxygens (including phenoxy) is 3. The molecule has 0 unspecified atom stereocenters. The second kappa shape index (κ2) is 48.2. The van der Waals surface area contributed by atoms with Crippen molar-refractivity contribution in [2.75, 3.05) is 19.7 Å². The molecule has 14 atom stereocenters. The van der Waals surface area contributed by atoms with E-state index in [0.29, 0.717) is 21.6 Å². The van der Waals surface area contributed by atoms with Crippen molar-refractivity contribution in [1.82, 2.24) is 74.0 Å². The van der Waals surface area contributed by atoms with Gasteiger partial charge in [0.2, 0.25) is 76.8 Å². The van der Waals surface area contributed by atoms with Crippen LogP contribution in [0.15, 0.2) is 121 Å². The molecule has 0 saturated carbocycles. The van der Waals surface area contributed by atoms with Gasteiger partial charge in [-0.2, -0.15) is 0 Å². The lowest BCUT2D eigenvalue weighted by Crippen LogP contribution is -2.65. The van der Waals surface area contributed by atoms with Crippen LogP contribution in [0.2, 0.25) is 0 Å². The van der Waals surface area contributed by atoms with Crippen LogP contribution in [0.3, 0.4) is 0 Å². The van der Waals surface area contributed by atoms with E-state index in [2.05, 4.69) is 69.1 Å². The van der Waals surface area contributed by atoms with Crippen molar-refractivity contribution in [1.29, 1.82) is 5.41 Å². The molecule has 0 aliphatic carbocycles. The maximum Gasteiger partial charge on any atom is 0.416 e. The summed E-state index contributed by atoms with van der Waals surface area (Å²) >= 11 is 0. The molecule has 0 spiro atoms. The standard InChI is InChI=1S/C84H120N16O21/c1-14-49(6)63-76(113)95-64(50(7)102)75(112)87-42-62(104)88-57(39-61(85)103)71(108)92-60(43-101)74(111)96-65(54-34-25-18-26-35-54)66(97-73(110)58(40-83(8,9)10)91-72(109)59(41-84(11,12)13)93-80(116)119-44-51-28-19-15-20-29-51)77(114)98-67(68(105)48(4)5)78(115)90-56(38-47(2)3)70(107)89-55(69(106)94-63)36-27-37-100(82(118)121-46-53-32-23-17-24-33-53)79(86)99-81(117)120-45-52-30-21-16-22-31-52/h15-26,28-35,47-50,55-60,63-68,101-102,105H,14,27,36-46H2,1-13H3,(H2,85,103)(H,87,112)(H,88,104)(H,89,107)(H,90,115)(H,91,109)(H,92,108)(H,93,116)(H,94,106)(H,95,113)(H,96,111)(H,97,110)(H,98,114)(H2,86,99,117)/t49-,50-,55+,56-,57-,58+,59+,60-,63-,64-,65+,66-,67-,68+/m0/s1. The van der Waals surface area contributed by atoms with Crippen molar-refractivity contribution >= 4 is 95.1 Å². The number of aliphatic hydroxyl groups is 3. The molecule has 0 radical (unpaired) electrons. The van der Waals surface area contributed by atoms with Gasteiger partial charge in [-0.15, -0.1) is 0 Å². The normalized spacial score (nSPS) is 21.0. The Bertz CT molecular complexity index is 4170. The minimum absolute atomic E-state index is 0.00448. The summed E-state index contributed by atoms with van der Waals surface area (Å²) in [5.74, 6) is -17.4. The van der Waals surface area contributed by atoms with E-state index in [9.17, 15) is 63.3 Å². The highest BCUT2D eigenvalue weighted by atomic mass is 16.6. The molecule has 1 aliphatic heterocycles. The summed E-state index contributed by atoms with van der Waals surface area (Å²) in [4.78, 5) is 218. The first-order valence-electron chi connectivity index (χ1n) is 40.1. The van der Waals surface area contributed by atoms with Crippen molar-refractivity contribution in [3.8, 4) is 0 Å². The van der Waals surface area contributed by atoms with Gasteiger partial charge in [0.1, 0.15) is 80.2 Å². The third-order valence-corrected chi connectivity index (χ3v) is 19.2. The zero-order chi connectivity index (χ0) is 90.0. The van der Waals surface area contributed by atoms with Gasteiger partial charge in [-0.3, -0.25) is 68.3 Å². The largest absolute Gasteiger partial charge is 0.445 e. The Morgan fingerprint density at radius 1 is 0.537 bits per heavy atom. The number of carbonyl (C=O) groups is 15. The van der Waals surface area contributed by atoms with Gasteiger partial charge in [0.05, 0.1) is 37.8 Å². The molecule has 1 fully saturated rings. The van der Waals surface area contributed by atoms with E-state index in [1.165, 1.54) is 45.0 Å². The van der Waals surface area contributed by atoms with E-state index in [4.69, 9.17) is 25.4 Å². The zero-order valence-corrected chi connectivity index (χ0v) is 70.7. The quantitative estimate of drug-likeness (QED) is 0.0220. The molecule has 1 heterocycles. The summed E-state index contributed by atoms with van der Waals surface area (Å²) in [6.07, 6.45) is -9.13. The summed E-state index contributed by atoms with van der Waals surface area (Å²) in [6.45, 7) is 17.5. The van der Waals surface area contributed by atoms with Gasteiger partial charge in [0.15, 0.2) is 0 Å². The van der Waals surface area contributed by atoms with Crippen LogP contribution in [0, 0.1) is 34.0 Å². The number of amides is 15. The lowest BCUT2D eigenvalue weighted by atomic mass is 9.86. The highest BCUT2D eigenvalue weighted by Crippen LogP contribution is 2.26. The van der Waals surface area contributed by atoms with Crippen molar-refractivity contribution in [3.63, 3.8) is 0 Å². The van der Waals surface area contributed by atoms with Crippen molar-refractivity contribution < 1.29 is 101 Å². The van der Waals surface area contributed by atoms with E-state index in [1.54, 1.807) is 159 Å². The molecule has 4 aromatic rings. The van der Waals surface area contributed by atoms with Crippen molar-refractivity contribution in [2.45, 2.75) is 233 Å². The second-order valence-corrected chi connectivity index (χ2v) is 32.9. The summed E-state index contributed by atoms with van der Waals surface area (Å²) in [5, 5.41) is 75.5. The monoisotopic (exact) mass is 1690 g/mol. The predicted octanol–water partition coefficient (Wildman–Crippen LogP) is 2.14. The first-order valence-corrected chi connectivity index (χ1v) is 40.1. The number of guanidine groups is 1. The molecule has 0 aromatic heterocycles. The minimum Gasteiger partial charge on any atom is -0.445 e. The lowest BCUT2D eigenvalue weighted by Gasteiger charge is -2.35. The fourth-order valence-corrected chi connectivity index (χ4v) is 12.6. The molecule has 4 aromatic carbocycles. The third kappa shape index (κ3) is 34.3. The van der Waals surface area contributed by atoms with Gasteiger partial charge in [-0.1, -0.05) is 211 Å². The number of nitrogens with two attached hydrogens (primary N) is 1. The number of carbonyl (C=O) groups excluding carboxylic acids is 15. The van der Waals surface area contributed by atoms with Gasteiger partial charge in [0.25, 0.3) is 0 Å². The molecule has 19 N–H and O–H groups in total. The average molecular weight is 1690 g/mol. The van der Waals surface area contributed by atoms with Crippen LogP contribution in [0.5, 0.6) is 0 Å². The van der Waals surface area contributed by atoms with Crippen LogP contribution in [0.1, 0.15) is 163 Å². The molecule has 662 valence electrons. The van der Waals surface area contributed by atoms with Crippen molar-refractivity contribution in [3.05, 3.63) is 144 Å². The maximum absolute atomic E-state index is 16.0. The Kier molecular flexibility index (Phi) is 39.6. The molecule has 1 saturated heterocycles. The minimum atomic E-state index is -2.21. The van der Waals surface area contributed by atoms with Crippen molar-refractivity contribution in [2.24, 2.45) is 34.3 Å². The van der Waals surface area contributed by atoms with Crippen LogP contribution in [-0.4, -0.2) is 208 Å². The SMILES string of the molecule is CC[C@H](C)[C@@H]1NC(=O)[C@@H](CCCN(C(=N)NC(=O)OCc2ccccc2)C(=O)OCc2ccccc2)NC(=O)[C@H](CC(C)C)NC(=O)[C@H]([C@H](O)C(C)C)NC(=O)[C@@H](NC(=O)[C@@H](CC(C)(C)C)NC(=O)[C@@H](CC(C)(C)C)NC(=O)OCc2ccccc2)[C@@H](c2ccccc2)NC(=O)[C@H](CO)NC(=O)[C@H](CC(N)=O)NC(=O)CNC(=O)[C@H]([C@H](C)O)NC1=O. The molecule has 0 bridgehead atoms. The number of nitrogens with zero attached hydrogens (tertiary/aromatic N) is 1. The first-order chi connectivity index (χ1) is 57.0. The highest BCUT2D eigenvalue weighted by Gasteiger charge is 2.44. The molecule has 15 amide bonds. The maximum atomic E-state index is 16.0. The molecule has 121 heavy (non-hydrogen) atoms. The highest BCUT2D eigenvalue weighted by molar-refractivity contribution is 6.02. The molecule has 1 aliphatic rings.